The van der Waals surface area contributed by atoms with Gasteiger partial charge >= 0.3 is 0 Å². The normalized spacial score (nSPS) is 11.8. The summed E-state index contributed by atoms with van der Waals surface area (Å²) in [5.41, 5.74) is 5.16. The van der Waals surface area contributed by atoms with E-state index in [-0.39, 0.29) is 11.5 Å². The van der Waals surface area contributed by atoms with Gasteiger partial charge in [0.05, 0.1) is 0 Å². The summed E-state index contributed by atoms with van der Waals surface area (Å²) in [6.07, 6.45) is 11.1. The molecule has 2 aromatic carbocycles. The van der Waals surface area contributed by atoms with Crippen molar-refractivity contribution >= 4 is 21.4 Å². The van der Waals surface area contributed by atoms with Crippen LogP contribution in [0.25, 0.3) is 20.5 Å². The van der Waals surface area contributed by atoms with E-state index >= 15 is 0 Å². The molecule has 3 rings (SSSR count). The minimum Gasteiger partial charge on any atom is -0.508 e. The topological polar surface area (TPSA) is 40.5 Å². The quantitative estimate of drug-likeness (QED) is 0.240. The van der Waals surface area contributed by atoms with E-state index in [9.17, 15) is 10.2 Å². The van der Waals surface area contributed by atoms with Gasteiger partial charge in [-0.1, -0.05) is 61.3 Å². The maximum atomic E-state index is 11.4. The number of allylic oxidation sites excluding steroid dienone is 4. The molecule has 1 aromatic heterocycles. The fourth-order valence-electron chi connectivity index (χ4n) is 4.06. The van der Waals surface area contributed by atoms with E-state index in [2.05, 4.69) is 64.1 Å². The summed E-state index contributed by atoms with van der Waals surface area (Å²) in [6.45, 7) is 8.55. The Morgan fingerprint density at radius 2 is 1.78 bits per heavy atom. The van der Waals surface area contributed by atoms with Crippen molar-refractivity contribution in [3.05, 3.63) is 70.8 Å². The zero-order valence-electron chi connectivity index (χ0n) is 19.9. The number of phenols is 2. The molecule has 0 amide bonds. The molecule has 0 atom stereocenters. The third-order valence-corrected chi connectivity index (χ3v) is 7.06. The highest BCUT2D eigenvalue weighted by Gasteiger charge is 2.20. The number of aryl methyl sites for hydroxylation is 1. The Bertz CT molecular complexity index is 1080. The van der Waals surface area contributed by atoms with Crippen LogP contribution in [0.2, 0.25) is 0 Å². The van der Waals surface area contributed by atoms with Crippen LogP contribution in [0.1, 0.15) is 70.9 Å². The Hall–Kier alpha value is -2.52. The Labute approximate surface area is 196 Å². The van der Waals surface area contributed by atoms with Crippen LogP contribution >= 0.6 is 11.3 Å². The lowest BCUT2D eigenvalue weighted by Gasteiger charge is -2.16. The Balaban J connectivity index is 1.98. The lowest BCUT2D eigenvalue weighted by atomic mass is 9.93. The van der Waals surface area contributed by atoms with Gasteiger partial charge in [-0.3, -0.25) is 0 Å². The van der Waals surface area contributed by atoms with E-state index in [1.165, 1.54) is 21.2 Å². The summed E-state index contributed by atoms with van der Waals surface area (Å²) in [4.78, 5) is 1.07. The predicted molar refractivity (Wildman–Crippen MR) is 140 cm³/mol. The zero-order valence-corrected chi connectivity index (χ0v) is 20.7. The molecule has 0 saturated carbocycles. The van der Waals surface area contributed by atoms with Crippen LogP contribution in [0, 0.1) is 0 Å². The molecule has 32 heavy (non-hydrogen) atoms. The highest BCUT2D eigenvalue weighted by Crippen LogP contribution is 2.45. The maximum absolute atomic E-state index is 11.4. The van der Waals surface area contributed by atoms with E-state index in [4.69, 9.17) is 0 Å². The second kappa shape index (κ2) is 11.4. The SMILES string of the molecule is CCCCCc1cc(O)c(C/C=C(\C)CCC=C(C)C)c(O)c1-c1cc2ccccc2s1. The molecular weight excluding hydrogens is 412 g/mol. The number of aromatic hydroxyl groups is 2. The lowest BCUT2D eigenvalue weighted by molar-refractivity contribution is 0.441. The smallest absolute Gasteiger partial charge is 0.131 e. The molecule has 0 aliphatic heterocycles. The van der Waals surface area contributed by atoms with Gasteiger partial charge < -0.3 is 10.2 Å². The number of thiophene rings is 1. The van der Waals surface area contributed by atoms with Gasteiger partial charge in [0.1, 0.15) is 11.5 Å². The molecule has 0 aliphatic carbocycles. The molecule has 0 radical (unpaired) electrons. The first-order valence-electron chi connectivity index (χ1n) is 11.7. The number of unbranched alkanes of at least 4 members (excludes halogenated alkanes) is 2. The monoisotopic (exact) mass is 448 g/mol. The van der Waals surface area contributed by atoms with Crippen molar-refractivity contribution in [2.45, 2.75) is 72.6 Å². The number of rotatable bonds is 10. The van der Waals surface area contributed by atoms with Gasteiger partial charge in [-0.05, 0) is 82.0 Å². The van der Waals surface area contributed by atoms with E-state index in [0.717, 1.165) is 54.5 Å². The largest absolute Gasteiger partial charge is 0.508 e. The molecule has 0 fully saturated rings. The van der Waals surface area contributed by atoms with Crippen LogP contribution in [0.5, 0.6) is 11.5 Å². The van der Waals surface area contributed by atoms with E-state index < -0.39 is 0 Å². The van der Waals surface area contributed by atoms with Crippen molar-refractivity contribution in [2.24, 2.45) is 0 Å². The van der Waals surface area contributed by atoms with Gasteiger partial charge in [0.2, 0.25) is 0 Å². The lowest BCUT2D eigenvalue weighted by Crippen LogP contribution is -1.96. The number of hydrogen-bond donors (Lipinski definition) is 2. The summed E-state index contributed by atoms with van der Waals surface area (Å²) in [5, 5.41) is 23.4. The van der Waals surface area contributed by atoms with Crippen molar-refractivity contribution in [1.29, 1.82) is 0 Å². The van der Waals surface area contributed by atoms with Crippen LogP contribution in [-0.4, -0.2) is 10.2 Å². The van der Waals surface area contributed by atoms with Crippen molar-refractivity contribution in [3.63, 3.8) is 0 Å². The van der Waals surface area contributed by atoms with Crippen LogP contribution < -0.4 is 0 Å². The first-order chi connectivity index (χ1) is 15.4. The molecule has 3 heteroatoms. The third kappa shape index (κ3) is 6.04. The summed E-state index contributed by atoms with van der Waals surface area (Å²) in [7, 11) is 0. The standard InChI is InChI=1S/C29H36O2S/c1-5-6-7-14-23-18-25(30)24(17-16-21(4)12-10-11-20(2)3)29(31)28(23)27-19-22-13-8-9-15-26(22)32-27/h8-9,11,13,15-16,18-19,30-31H,5-7,10,12,14,17H2,1-4H3/b21-16+. The number of hydrogen-bond acceptors (Lipinski definition) is 3. The molecular formula is C29H36O2S. The Morgan fingerprint density at radius 1 is 1.00 bits per heavy atom. The molecule has 0 bridgehead atoms. The second-order valence-corrected chi connectivity index (χ2v) is 10.0. The van der Waals surface area contributed by atoms with Gasteiger partial charge in [-0.25, -0.2) is 0 Å². The zero-order chi connectivity index (χ0) is 23.1. The van der Waals surface area contributed by atoms with Crippen molar-refractivity contribution < 1.29 is 10.2 Å². The van der Waals surface area contributed by atoms with E-state index in [1.807, 2.05) is 12.1 Å². The van der Waals surface area contributed by atoms with Crippen LogP contribution in [-0.2, 0) is 12.8 Å². The highest BCUT2D eigenvalue weighted by atomic mass is 32.1. The minimum absolute atomic E-state index is 0.201. The first-order valence-corrected chi connectivity index (χ1v) is 12.6. The molecule has 1 heterocycles. The fraction of sp³-hybridized carbons (Fsp3) is 0.379. The van der Waals surface area contributed by atoms with Crippen molar-refractivity contribution in [1.82, 2.24) is 0 Å². The first kappa shape index (κ1) is 24.1. The predicted octanol–water partition coefficient (Wildman–Crippen LogP) is 8.95. The fourth-order valence-corrected chi connectivity index (χ4v) is 5.20. The molecule has 0 spiro atoms. The summed E-state index contributed by atoms with van der Waals surface area (Å²) in [6, 6.07) is 12.4. The number of fused-ring (bicyclic) bond motifs is 1. The van der Waals surface area contributed by atoms with Gasteiger partial charge in [0.25, 0.3) is 0 Å². The summed E-state index contributed by atoms with van der Waals surface area (Å²) >= 11 is 1.71. The van der Waals surface area contributed by atoms with Crippen LogP contribution in [0.3, 0.4) is 0 Å². The van der Waals surface area contributed by atoms with E-state index in [0.29, 0.717) is 12.0 Å². The van der Waals surface area contributed by atoms with Crippen molar-refractivity contribution in [3.8, 4) is 21.9 Å². The van der Waals surface area contributed by atoms with Crippen molar-refractivity contribution in [2.75, 3.05) is 0 Å². The molecule has 2 nitrogen and oxygen atoms in total. The maximum Gasteiger partial charge on any atom is 0.131 e. The van der Waals surface area contributed by atoms with Gasteiger partial charge in [-0.2, -0.15) is 0 Å². The van der Waals surface area contributed by atoms with Crippen LogP contribution in [0.15, 0.2) is 59.7 Å². The molecule has 3 aromatic rings. The Morgan fingerprint density at radius 3 is 2.50 bits per heavy atom. The molecule has 2 N–H and O–H groups in total. The van der Waals surface area contributed by atoms with Crippen LogP contribution in [0.4, 0.5) is 0 Å². The number of phenolic OH excluding ortho intramolecular Hbond substituents is 2. The average Bonchev–Trinajstić information content (AvgIpc) is 3.17. The summed E-state index contributed by atoms with van der Waals surface area (Å²) < 4.78 is 1.21. The summed E-state index contributed by atoms with van der Waals surface area (Å²) in [5.74, 6) is 0.434. The molecule has 0 aliphatic rings. The minimum atomic E-state index is 0.201. The Kier molecular flexibility index (Phi) is 8.58. The van der Waals surface area contributed by atoms with Gasteiger partial charge in [-0.15, -0.1) is 11.3 Å². The van der Waals surface area contributed by atoms with Gasteiger partial charge in [0, 0.05) is 20.7 Å². The average molecular weight is 449 g/mol. The highest BCUT2D eigenvalue weighted by molar-refractivity contribution is 7.22. The molecule has 170 valence electrons. The number of benzene rings is 2. The second-order valence-electron chi connectivity index (χ2n) is 8.94. The van der Waals surface area contributed by atoms with E-state index in [1.54, 1.807) is 11.3 Å². The molecule has 0 unspecified atom stereocenters. The van der Waals surface area contributed by atoms with Gasteiger partial charge in [0.15, 0.2) is 0 Å². The molecule has 0 saturated heterocycles. The third-order valence-electron chi connectivity index (χ3n) is 5.93.